The fourth-order valence-corrected chi connectivity index (χ4v) is 2.51. The molecule has 3 rings (SSSR count). The summed E-state index contributed by atoms with van der Waals surface area (Å²) in [6.07, 6.45) is 3.78. The maximum Gasteiger partial charge on any atom is 0.347 e. The van der Waals surface area contributed by atoms with Crippen molar-refractivity contribution < 1.29 is 9.53 Å². The minimum Gasteiger partial charge on any atom is -0.422 e. The van der Waals surface area contributed by atoms with Crippen LogP contribution in [0.1, 0.15) is 27.3 Å². The number of carbonyl (C=O) groups is 1. The quantitative estimate of drug-likeness (QED) is 0.641. The molecule has 0 aliphatic carbocycles. The van der Waals surface area contributed by atoms with Crippen LogP contribution in [0.15, 0.2) is 24.4 Å². The first kappa shape index (κ1) is 11.9. The van der Waals surface area contributed by atoms with E-state index in [1.807, 2.05) is 49.0 Å². The second-order valence-electron chi connectivity index (χ2n) is 4.51. The summed E-state index contributed by atoms with van der Waals surface area (Å²) in [7, 11) is 1.94. The van der Waals surface area contributed by atoms with E-state index >= 15 is 0 Å². The van der Waals surface area contributed by atoms with Crippen LogP contribution in [0.3, 0.4) is 0 Å². The normalized spacial score (nSPS) is 15.7. The molecule has 0 atom stereocenters. The first-order valence-corrected chi connectivity index (χ1v) is 6.26. The molecular formula is C14H12N2O2S. The van der Waals surface area contributed by atoms with E-state index in [9.17, 15) is 4.79 Å². The first-order chi connectivity index (χ1) is 9.06. The number of nitrogens with one attached hydrogen (secondary N) is 1. The average molecular weight is 272 g/mol. The van der Waals surface area contributed by atoms with Crippen LogP contribution in [0.4, 0.5) is 0 Å². The van der Waals surface area contributed by atoms with E-state index < -0.39 is 5.97 Å². The highest BCUT2D eigenvalue weighted by Crippen LogP contribution is 2.32. The topological polar surface area (TPSA) is 47.0 Å². The Morgan fingerprint density at radius 1 is 1.47 bits per heavy atom. The maximum absolute atomic E-state index is 11.9. The minimum atomic E-state index is -0.392. The lowest BCUT2D eigenvalue weighted by Crippen LogP contribution is -1.97. The van der Waals surface area contributed by atoms with E-state index in [-0.39, 0.29) is 0 Å². The number of aryl methyl sites for hydroxylation is 2. The summed E-state index contributed by atoms with van der Waals surface area (Å²) in [5.41, 5.74) is 3.07. The highest BCUT2D eigenvalue weighted by atomic mass is 32.1. The average Bonchev–Trinajstić information content (AvgIpc) is 2.85. The van der Waals surface area contributed by atoms with Crippen molar-refractivity contribution in [2.24, 2.45) is 7.05 Å². The molecule has 0 radical (unpaired) electrons. The molecule has 0 aromatic carbocycles. The molecule has 3 heterocycles. The second kappa shape index (κ2) is 4.20. The molecule has 2 aromatic heterocycles. The summed E-state index contributed by atoms with van der Waals surface area (Å²) < 4.78 is 7.70. The molecule has 0 fully saturated rings. The summed E-state index contributed by atoms with van der Waals surface area (Å²) in [4.78, 5) is 14.8. The number of rotatable bonds is 1. The van der Waals surface area contributed by atoms with E-state index in [2.05, 4.69) is 4.98 Å². The number of aromatic nitrogens is 2. The lowest BCUT2D eigenvalue weighted by atomic mass is 10.1. The number of nitrogens with zero attached hydrogens (tertiary/aromatic N) is 1. The van der Waals surface area contributed by atoms with Crippen LogP contribution in [-0.2, 0) is 11.8 Å². The van der Waals surface area contributed by atoms with Crippen molar-refractivity contribution in [3.05, 3.63) is 51.6 Å². The number of cyclic esters (lactones) is 1. The molecule has 2 aromatic rings. The number of aromatic amines is 1. The molecule has 1 N–H and O–H groups in total. The number of pyridine rings is 1. The van der Waals surface area contributed by atoms with E-state index in [0.29, 0.717) is 16.0 Å². The molecule has 0 saturated heterocycles. The summed E-state index contributed by atoms with van der Waals surface area (Å²) in [6, 6.07) is 5.77. The van der Waals surface area contributed by atoms with Crippen LogP contribution >= 0.6 is 12.2 Å². The third-order valence-corrected chi connectivity index (χ3v) is 3.41. The molecule has 19 heavy (non-hydrogen) atoms. The van der Waals surface area contributed by atoms with Crippen LogP contribution in [0.2, 0.25) is 0 Å². The van der Waals surface area contributed by atoms with Gasteiger partial charge < -0.3 is 14.3 Å². The Balaban J connectivity index is 2.20. The fraction of sp³-hybridized carbons (Fsp3) is 0.143. The summed E-state index contributed by atoms with van der Waals surface area (Å²) >= 11 is 5.18. The third-order valence-electron chi connectivity index (χ3n) is 3.10. The van der Waals surface area contributed by atoms with Gasteiger partial charge in [0.1, 0.15) is 16.0 Å². The lowest BCUT2D eigenvalue weighted by Gasteiger charge is -2.01. The number of fused-ring (bicyclic) bond motifs is 1. The number of hydrogen-bond donors (Lipinski definition) is 1. The van der Waals surface area contributed by atoms with Crippen LogP contribution in [0, 0.1) is 11.6 Å². The van der Waals surface area contributed by atoms with Crippen molar-refractivity contribution >= 4 is 30.0 Å². The smallest absolute Gasteiger partial charge is 0.347 e. The van der Waals surface area contributed by atoms with Gasteiger partial charge in [-0.05, 0) is 25.1 Å². The van der Waals surface area contributed by atoms with Gasteiger partial charge in [-0.3, -0.25) is 0 Å². The zero-order valence-electron chi connectivity index (χ0n) is 10.6. The van der Waals surface area contributed by atoms with Crippen molar-refractivity contribution in [1.29, 1.82) is 0 Å². The van der Waals surface area contributed by atoms with Gasteiger partial charge in [0.05, 0.1) is 0 Å². The number of esters is 1. The van der Waals surface area contributed by atoms with Crippen LogP contribution in [-0.4, -0.2) is 15.5 Å². The van der Waals surface area contributed by atoms with Gasteiger partial charge in [0, 0.05) is 36.3 Å². The van der Waals surface area contributed by atoms with Crippen LogP contribution in [0.5, 0.6) is 0 Å². The predicted octanol–water partition coefficient (Wildman–Crippen LogP) is 3.06. The van der Waals surface area contributed by atoms with E-state index in [1.165, 1.54) is 0 Å². The number of hydrogen-bond acceptors (Lipinski definition) is 3. The molecule has 0 amide bonds. The first-order valence-electron chi connectivity index (χ1n) is 5.86. The molecule has 1 aliphatic heterocycles. The van der Waals surface area contributed by atoms with Gasteiger partial charge in [-0.1, -0.05) is 12.2 Å². The SMILES string of the molecule is Cc1cc2c(c(=S)[nH]1)C(=O)O/C2=C\c1cccn1C. The van der Waals surface area contributed by atoms with E-state index in [1.54, 1.807) is 0 Å². The van der Waals surface area contributed by atoms with Crippen molar-refractivity contribution in [3.8, 4) is 0 Å². The van der Waals surface area contributed by atoms with Gasteiger partial charge in [-0.15, -0.1) is 0 Å². The Labute approximate surface area is 115 Å². The van der Waals surface area contributed by atoms with Crippen molar-refractivity contribution in [2.45, 2.75) is 6.92 Å². The zero-order valence-corrected chi connectivity index (χ0v) is 11.4. The predicted molar refractivity (Wildman–Crippen MR) is 75.1 cm³/mol. The Morgan fingerprint density at radius 2 is 2.26 bits per heavy atom. The van der Waals surface area contributed by atoms with E-state index in [0.717, 1.165) is 17.0 Å². The third kappa shape index (κ3) is 1.92. The summed E-state index contributed by atoms with van der Waals surface area (Å²) in [6.45, 7) is 1.90. The Kier molecular flexibility index (Phi) is 2.64. The fourth-order valence-electron chi connectivity index (χ4n) is 2.16. The molecule has 4 nitrogen and oxygen atoms in total. The Morgan fingerprint density at radius 3 is 2.95 bits per heavy atom. The van der Waals surface area contributed by atoms with Gasteiger partial charge in [-0.25, -0.2) is 4.79 Å². The lowest BCUT2D eigenvalue weighted by molar-refractivity contribution is 0.0716. The molecular weight excluding hydrogens is 260 g/mol. The van der Waals surface area contributed by atoms with Crippen molar-refractivity contribution in [1.82, 2.24) is 9.55 Å². The van der Waals surface area contributed by atoms with Gasteiger partial charge in [0.2, 0.25) is 0 Å². The monoisotopic (exact) mass is 272 g/mol. The van der Waals surface area contributed by atoms with Gasteiger partial charge in [0.15, 0.2) is 0 Å². The number of ether oxygens (including phenoxy) is 1. The van der Waals surface area contributed by atoms with Gasteiger partial charge in [-0.2, -0.15) is 0 Å². The van der Waals surface area contributed by atoms with E-state index in [4.69, 9.17) is 17.0 Å². The van der Waals surface area contributed by atoms with Gasteiger partial charge >= 0.3 is 5.97 Å². The molecule has 0 saturated carbocycles. The van der Waals surface area contributed by atoms with Crippen LogP contribution < -0.4 is 0 Å². The van der Waals surface area contributed by atoms with Crippen molar-refractivity contribution in [3.63, 3.8) is 0 Å². The molecule has 0 spiro atoms. The summed E-state index contributed by atoms with van der Waals surface area (Å²) in [5, 5.41) is 0. The highest BCUT2D eigenvalue weighted by Gasteiger charge is 2.28. The molecule has 5 heteroatoms. The summed E-state index contributed by atoms with van der Waals surface area (Å²) in [5.74, 6) is 0.154. The second-order valence-corrected chi connectivity index (χ2v) is 4.92. The molecule has 96 valence electrons. The van der Waals surface area contributed by atoms with Crippen molar-refractivity contribution in [2.75, 3.05) is 0 Å². The van der Waals surface area contributed by atoms with Gasteiger partial charge in [0.25, 0.3) is 0 Å². The Hall–Kier alpha value is -2.14. The Bertz CT molecular complexity index is 768. The highest BCUT2D eigenvalue weighted by molar-refractivity contribution is 7.71. The number of H-pyrrole nitrogens is 1. The largest absolute Gasteiger partial charge is 0.422 e. The molecule has 0 unspecified atom stereocenters. The number of carbonyl (C=O) groups excluding carboxylic acids is 1. The minimum absolute atomic E-state index is 0.392. The molecule has 0 bridgehead atoms. The standard InChI is InChI=1S/C14H12N2O2S/c1-8-6-10-11(7-9-4-3-5-16(9)2)18-14(17)12(10)13(19)15-8/h3-7H,1-2H3,(H,15,19)/b11-7-. The maximum atomic E-state index is 11.9. The van der Waals surface area contributed by atoms with Crippen LogP contribution in [0.25, 0.3) is 11.8 Å². The zero-order chi connectivity index (χ0) is 13.6. The molecule has 1 aliphatic rings.